The second-order valence-electron chi connectivity index (χ2n) is 4.01. The van der Waals surface area contributed by atoms with Crippen molar-refractivity contribution in [1.29, 1.82) is 0 Å². The predicted octanol–water partition coefficient (Wildman–Crippen LogP) is -0.951. The summed E-state index contributed by atoms with van der Waals surface area (Å²) in [6.07, 6.45) is -0.845. The Bertz CT molecular complexity index is 606. The Balaban J connectivity index is 2.04. The number of nitrogens with zero attached hydrogens (tertiary/aromatic N) is 4. The van der Waals surface area contributed by atoms with Gasteiger partial charge in [0.15, 0.2) is 17.7 Å². The van der Waals surface area contributed by atoms with Crippen LogP contribution in [-0.2, 0) is 4.74 Å². The minimum atomic E-state index is -1.08. The molecule has 3 rings (SSSR count). The van der Waals surface area contributed by atoms with Crippen LogP contribution in [0, 0.1) is 0 Å². The molecule has 0 saturated carbocycles. The van der Waals surface area contributed by atoms with Crippen LogP contribution < -0.4 is 5.73 Å². The molecule has 0 spiro atoms. The SMILES string of the molecule is [2H][C@H]1[C@H](O)[C@H](n2cnc3c(N)ncnc32)O[C@@H]1CO. The summed E-state index contributed by atoms with van der Waals surface area (Å²) in [6, 6.07) is 0. The van der Waals surface area contributed by atoms with Gasteiger partial charge >= 0.3 is 0 Å². The van der Waals surface area contributed by atoms with Crippen molar-refractivity contribution in [1.82, 2.24) is 19.5 Å². The zero-order valence-corrected chi connectivity index (χ0v) is 9.34. The molecule has 4 atom stereocenters. The van der Waals surface area contributed by atoms with Crippen molar-refractivity contribution in [2.45, 2.75) is 24.8 Å². The lowest BCUT2D eigenvalue weighted by atomic mass is 10.2. The molecule has 2 aromatic heterocycles. The van der Waals surface area contributed by atoms with E-state index in [2.05, 4.69) is 15.0 Å². The number of imidazole rings is 1. The van der Waals surface area contributed by atoms with Crippen molar-refractivity contribution < 1.29 is 16.3 Å². The van der Waals surface area contributed by atoms with Gasteiger partial charge in [-0.2, -0.15) is 0 Å². The van der Waals surface area contributed by atoms with Crippen molar-refractivity contribution in [2.24, 2.45) is 0 Å². The molecule has 0 amide bonds. The van der Waals surface area contributed by atoms with E-state index >= 15 is 0 Å². The minimum Gasteiger partial charge on any atom is -0.394 e. The molecule has 4 N–H and O–H groups in total. The molecule has 18 heavy (non-hydrogen) atoms. The van der Waals surface area contributed by atoms with Crippen molar-refractivity contribution in [2.75, 3.05) is 12.3 Å². The summed E-state index contributed by atoms with van der Waals surface area (Å²) in [7, 11) is 0. The lowest BCUT2D eigenvalue weighted by molar-refractivity contribution is -0.0486. The summed E-state index contributed by atoms with van der Waals surface area (Å²) in [6.45, 7) is -0.328. The van der Waals surface area contributed by atoms with Gasteiger partial charge in [-0.25, -0.2) is 15.0 Å². The normalized spacial score (nSPS) is 32.9. The van der Waals surface area contributed by atoms with Gasteiger partial charge in [-0.1, -0.05) is 0 Å². The summed E-state index contributed by atoms with van der Waals surface area (Å²) in [4.78, 5) is 11.9. The first-order valence-corrected chi connectivity index (χ1v) is 5.43. The molecule has 0 aliphatic carbocycles. The maximum atomic E-state index is 10.0. The molecular formula is C10H13N5O3. The lowest BCUT2D eigenvalue weighted by Crippen LogP contribution is -2.19. The largest absolute Gasteiger partial charge is 0.394 e. The van der Waals surface area contributed by atoms with Gasteiger partial charge in [-0.15, -0.1) is 0 Å². The quantitative estimate of drug-likeness (QED) is 0.630. The van der Waals surface area contributed by atoms with Crippen LogP contribution in [0.15, 0.2) is 12.7 Å². The standard InChI is InChI=1S/C10H13N5O3/c11-8-7-9(13-3-12-8)15(4-14-7)10-6(17)1-5(2-16)18-10/h3-6,10,16-17H,1-2H2,(H2,11,12,13)/t5-,6-,10+/m0/s1/i1D/t1-,5+,6+,10-/m1. The van der Waals surface area contributed by atoms with Crippen molar-refractivity contribution >= 4 is 17.0 Å². The fraction of sp³-hybridized carbons (Fsp3) is 0.500. The smallest absolute Gasteiger partial charge is 0.167 e. The first-order valence-electron chi connectivity index (χ1n) is 6.01. The van der Waals surface area contributed by atoms with Gasteiger partial charge in [0.1, 0.15) is 17.9 Å². The van der Waals surface area contributed by atoms with Crippen molar-refractivity contribution in [3.63, 3.8) is 0 Å². The van der Waals surface area contributed by atoms with Crippen LogP contribution in [0.1, 0.15) is 14.0 Å². The summed E-state index contributed by atoms with van der Waals surface area (Å²) in [5.74, 6) is 0.234. The number of hydrogen-bond donors (Lipinski definition) is 3. The highest BCUT2D eigenvalue weighted by Gasteiger charge is 2.35. The molecule has 1 aliphatic heterocycles. The number of nitrogen functional groups attached to an aromatic ring is 1. The van der Waals surface area contributed by atoms with E-state index < -0.39 is 24.8 Å². The van der Waals surface area contributed by atoms with E-state index in [0.717, 1.165) is 0 Å². The third kappa shape index (κ3) is 1.62. The number of hydrogen-bond acceptors (Lipinski definition) is 7. The first-order chi connectivity index (χ1) is 9.13. The van der Waals surface area contributed by atoms with E-state index in [1.165, 1.54) is 17.2 Å². The fourth-order valence-electron chi connectivity index (χ4n) is 2.01. The highest BCUT2D eigenvalue weighted by Crippen LogP contribution is 2.31. The molecule has 1 fully saturated rings. The molecule has 0 radical (unpaired) electrons. The Kier molecular flexibility index (Phi) is 2.35. The molecule has 8 heteroatoms. The van der Waals surface area contributed by atoms with Crippen LogP contribution in [0.3, 0.4) is 0 Å². The second-order valence-corrected chi connectivity index (χ2v) is 4.01. The number of anilines is 1. The Labute approximate surface area is 103 Å². The average molecular weight is 252 g/mol. The average Bonchev–Trinajstić information content (AvgIpc) is 2.94. The van der Waals surface area contributed by atoms with Gasteiger partial charge in [0.25, 0.3) is 0 Å². The van der Waals surface area contributed by atoms with Gasteiger partial charge in [0, 0.05) is 7.77 Å². The molecule has 0 bridgehead atoms. The number of fused-ring (bicyclic) bond motifs is 1. The van der Waals surface area contributed by atoms with Gasteiger partial charge in [-0.05, 0) is 0 Å². The number of aliphatic hydroxyl groups is 2. The maximum Gasteiger partial charge on any atom is 0.167 e. The number of aliphatic hydroxyl groups excluding tert-OH is 2. The summed E-state index contributed by atoms with van der Waals surface area (Å²) < 4.78 is 14.7. The Morgan fingerprint density at radius 3 is 3.11 bits per heavy atom. The van der Waals surface area contributed by atoms with Crippen molar-refractivity contribution in [3.05, 3.63) is 12.7 Å². The summed E-state index contributed by atoms with van der Waals surface area (Å²) >= 11 is 0. The number of aromatic nitrogens is 4. The summed E-state index contributed by atoms with van der Waals surface area (Å²) in [5, 5.41) is 19.1. The van der Waals surface area contributed by atoms with Crippen molar-refractivity contribution in [3.8, 4) is 0 Å². The minimum absolute atomic E-state index is 0.234. The number of nitrogens with two attached hydrogens (primary N) is 1. The molecule has 2 aromatic rings. The zero-order valence-electron chi connectivity index (χ0n) is 10.3. The molecular weight excluding hydrogens is 238 g/mol. The number of ether oxygens (including phenoxy) is 1. The van der Waals surface area contributed by atoms with Crippen LogP contribution in [0.5, 0.6) is 0 Å². The molecule has 3 heterocycles. The van der Waals surface area contributed by atoms with Gasteiger partial charge in [0.05, 0.1) is 19.0 Å². The van der Waals surface area contributed by atoms with Gasteiger partial charge < -0.3 is 20.7 Å². The van der Waals surface area contributed by atoms with E-state index in [4.69, 9.17) is 16.9 Å². The molecule has 0 aromatic carbocycles. The topological polar surface area (TPSA) is 119 Å². The highest BCUT2D eigenvalue weighted by molar-refractivity contribution is 5.81. The van der Waals surface area contributed by atoms with Crippen LogP contribution in [-0.4, -0.2) is 48.5 Å². The van der Waals surface area contributed by atoms with E-state index in [-0.39, 0.29) is 12.4 Å². The van der Waals surface area contributed by atoms with Gasteiger partial charge in [-0.3, -0.25) is 4.57 Å². The Morgan fingerprint density at radius 2 is 2.39 bits per heavy atom. The zero-order chi connectivity index (χ0) is 13.6. The fourth-order valence-corrected chi connectivity index (χ4v) is 2.01. The summed E-state index contributed by atoms with van der Waals surface area (Å²) in [5.41, 5.74) is 6.50. The molecule has 0 unspecified atom stereocenters. The van der Waals surface area contributed by atoms with Crippen LogP contribution >= 0.6 is 0 Å². The predicted molar refractivity (Wildman–Crippen MR) is 61.4 cm³/mol. The first kappa shape index (κ1) is 10.2. The third-order valence-corrected chi connectivity index (χ3v) is 2.86. The van der Waals surface area contributed by atoms with Crippen LogP contribution in [0.4, 0.5) is 5.82 Å². The van der Waals surface area contributed by atoms with Gasteiger partial charge in [0.2, 0.25) is 0 Å². The molecule has 1 aliphatic rings. The number of rotatable bonds is 2. The van der Waals surface area contributed by atoms with E-state index in [1.807, 2.05) is 0 Å². The Hall–Kier alpha value is -1.77. The maximum absolute atomic E-state index is 10.0. The van der Waals surface area contributed by atoms with E-state index in [0.29, 0.717) is 11.2 Å². The molecule has 96 valence electrons. The highest BCUT2D eigenvalue weighted by atomic mass is 16.5. The van der Waals surface area contributed by atoms with Crippen LogP contribution in [0.25, 0.3) is 11.2 Å². The molecule has 8 nitrogen and oxygen atoms in total. The van der Waals surface area contributed by atoms with E-state index in [1.54, 1.807) is 0 Å². The van der Waals surface area contributed by atoms with E-state index in [9.17, 15) is 5.11 Å². The monoisotopic (exact) mass is 252 g/mol. The molecule has 1 saturated heterocycles. The lowest BCUT2D eigenvalue weighted by Gasteiger charge is -2.16. The second kappa shape index (κ2) is 4.16. The van der Waals surface area contributed by atoms with Crippen LogP contribution in [0.2, 0.25) is 0 Å². The third-order valence-electron chi connectivity index (χ3n) is 2.86. The Morgan fingerprint density at radius 1 is 1.56 bits per heavy atom.